The summed E-state index contributed by atoms with van der Waals surface area (Å²) in [7, 11) is 0. The van der Waals surface area contributed by atoms with E-state index in [-0.39, 0.29) is 0 Å². The fourth-order valence-electron chi connectivity index (χ4n) is 2.17. The van der Waals surface area contributed by atoms with Crippen LogP contribution in [-0.4, -0.2) is 15.0 Å². The lowest BCUT2D eigenvalue weighted by Crippen LogP contribution is -2.00. The van der Waals surface area contributed by atoms with E-state index >= 15 is 0 Å². The third kappa shape index (κ3) is 2.18. The van der Waals surface area contributed by atoms with Gasteiger partial charge in [0, 0.05) is 34.6 Å². The summed E-state index contributed by atoms with van der Waals surface area (Å²) in [6.07, 6.45) is 2.43. The van der Waals surface area contributed by atoms with Crippen LogP contribution in [0.1, 0.15) is 35.8 Å². The molecule has 1 fully saturated rings. The van der Waals surface area contributed by atoms with Crippen molar-refractivity contribution in [2.45, 2.75) is 32.6 Å². The van der Waals surface area contributed by atoms with Crippen molar-refractivity contribution >= 4 is 5.82 Å². The number of hydrogen-bond acceptors (Lipinski definition) is 4. The number of nitrogen functional groups attached to an aromatic ring is 1. The Morgan fingerprint density at radius 3 is 2.28 bits per heavy atom. The van der Waals surface area contributed by atoms with Gasteiger partial charge in [0.05, 0.1) is 0 Å². The van der Waals surface area contributed by atoms with Gasteiger partial charge in [-0.3, -0.25) is 4.98 Å². The molecule has 2 aromatic heterocycles. The Bertz CT molecular complexity index is 582. The summed E-state index contributed by atoms with van der Waals surface area (Å²) in [6.45, 7) is 3.95. The predicted octanol–water partition coefficient (Wildman–Crippen LogP) is 2.62. The monoisotopic (exact) mass is 240 g/mol. The van der Waals surface area contributed by atoms with Gasteiger partial charge in [0.1, 0.15) is 5.82 Å². The van der Waals surface area contributed by atoms with Gasteiger partial charge in [0.2, 0.25) is 0 Å². The van der Waals surface area contributed by atoms with Crippen LogP contribution in [0.3, 0.4) is 0 Å². The van der Waals surface area contributed by atoms with Crippen molar-refractivity contribution < 1.29 is 0 Å². The number of rotatable bonds is 2. The summed E-state index contributed by atoms with van der Waals surface area (Å²) in [4.78, 5) is 13.3. The minimum atomic E-state index is 0.550. The molecule has 4 heteroatoms. The first-order valence-electron chi connectivity index (χ1n) is 6.22. The summed E-state index contributed by atoms with van der Waals surface area (Å²) < 4.78 is 0. The molecule has 0 radical (unpaired) electrons. The molecule has 0 unspecified atom stereocenters. The highest BCUT2D eigenvalue weighted by Gasteiger charge is 2.26. The zero-order chi connectivity index (χ0) is 12.7. The van der Waals surface area contributed by atoms with Crippen molar-refractivity contribution in [1.29, 1.82) is 0 Å². The van der Waals surface area contributed by atoms with Crippen LogP contribution in [0.2, 0.25) is 0 Å². The van der Waals surface area contributed by atoms with Crippen LogP contribution in [0, 0.1) is 13.8 Å². The lowest BCUT2D eigenvalue weighted by atomic mass is 10.1. The van der Waals surface area contributed by atoms with Gasteiger partial charge in [-0.1, -0.05) is 0 Å². The van der Waals surface area contributed by atoms with E-state index in [1.807, 2.05) is 32.0 Å². The maximum atomic E-state index is 5.87. The number of aryl methyl sites for hydroxylation is 2. The standard InChI is InChI=1S/C14H16N4/c1-8-5-11(6-9(2)16-8)14-17-12(10-3-4-10)7-13(15)18-14/h5-7,10H,3-4H2,1-2H3,(H2,15,17,18). The van der Waals surface area contributed by atoms with Crippen molar-refractivity contribution in [1.82, 2.24) is 15.0 Å². The molecule has 1 saturated carbocycles. The molecule has 0 spiro atoms. The lowest BCUT2D eigenvalue weighted by molar-refractivity contribution is 0.995. The average molecular weight is 240 g/mol. The van der Waals surface area contributed by atoms with Crippen LogP contribution in [-0.2, 0) is 0 Å². The highest BCUT2D eigenvalue weighted by molar-refractivity contribution is 5.58. The maximum absolute atomic E-state index is 5.87. The number of hydrogen-bond donors (Lipinski definition) is 1. The van der Waals surface area contributed by atoms with E-state index in [9.17, 15) is 0 Å². The Balaban J connectivity index is 2.09. The molecule has 0 bridgehead atoms. The molecule has 2 N–H and O–H groups in total. The molecule has 92 valence electrons. The van der Waals surface area contributed by atoms with Crippen LogP contribution >= 0.6 is 0 Å². The maximum Gasteiger partial charge on any atom is 0.161 e. The van der Waals surface area contributed by atoms with Gasteiger partial charge in [-0.25, -0.2) is 9.97 Å². The molecule has 3 rings (SSSR count). The van der Waals surface area contributed by atoms with Gasteiger partial charge in [-0.2, -0.15) is 0 Å². The largest absolute Gasteiger partial charge is 0.384 e. The zero-order valence-electron chi connectivity index (χ0n) is 10.6. The van der Waals surface area contributed by atoms with Gasteiger partial charge < -0.3 is 5.73 Å². The quantitative estimate of drug-likeness (QED) is 0.876. The smallest absolute Gasteiger partial charge is 0.161 e. The summed E-state index contributed by atoms with van der Waals surface area (Å²) in [5, 5.41) is 0. The van der Waals surface area contributed by atoms with Gasteiger partial charge in [0.15, 0.2) is 5.82 Å². The second-order valence-corrected chi connectivity index (χ2v) is 4.95. The third-order valence-electron chi connectivity index (χ3n) is 3.10. The number of pyridine rings is 1. The van der Waals surface area contributed by atoms with Crippen molar-refractivity contribution in [3.05, 3.63) is 35.3 Å². The van der Waals surface area contributed by atoms with Gasteiger partial charge in [-0.05, 0) is 38.8 Å². The molecule has 4 nitrogen and oxygen atoms in total. The number of anilines is 1. The Hall–Kier alpha value is -1.97. The normalized spacial score (nSPS) is 14.8. The fraction of sp³-hybridized carbons (Fsp3) is 0.357. The summed E-state index contributed by atoms with van der Waals surface area (Å²) in [5.41, 5.74) is 9.89. The zero-order valence-corrected chi connectivity index (χ0v) is 10.6. The Morgan fingerprint density at radius 1 is 1.00 bits per heavy atom. The van der Waals surface area contributed by atoms with Crippen molar-refractivity contribution in [3.8, 4) is 11.4 Å². The summed E-state index contributed by atoms with van der Waals surface area (Å²) >= 11 is 0. The molecule has 0 amide bonds. The SMILES string of the molecule is Cc1cc(-c2nc(N)cc(C3CC3)n2)cc(C)n1. The van der Waals surface area contributed by atoms with E-state index < -0.39 is 0 Å². The molecular formula is C14H16N4. The predicted molar refractivity (Wildman–Crippen MR) is 71.1 cm³/mol. The Morgan fingerprint density at radius 2 is 1.67 bits per heavy atom. The van der Waals surface area contributed by atoms with Crippen LogP contribution < -0.4 is 5.73 Å². The van der Waals surface area contributed by atoms with E-state index in [1.165, 1.54) is 12.8 Å². The second-order valence-electron chi connectivity index (χ2n) is 4.95. The van der Waals surface area contributed by atoms with Gasteiger partial charge in [-0.15, -0.1) is 0 Å². The van der Waals surface area contributed by atoms with Crippen LogP contribution in [0.15, 0.2) is 18.2 Å². The molecule has 18 heavy (non-hydrogen) atoms. The van der Waals surface area contributed by atoms with E-state index in [1.54, 1.807) is 0 Å². The fourth-order valence-corrected chi connectivity index (χ4v) is 2.17. The lowest BCUT2D eigenvalue weighted by Gasteiger charge is -2.06. The van der Waals surface area contributed by atoms with Crippen LogP contribution in [0.25, 0.3) is 11.4 Å². The number of nitrogens with zero attached hydrogens (tertiary/aromatic N) is 3. The molecule has 0 aromatic carbocycles. The van der Waals surface area contributed by atoms with Crippen LogP contribution in [0.5, 0.6) is 0 Å². The van der Waals surface area contributed by atoms with Crippen molar-refractivity contribution in [2.75, 3.05) is 5.73 Å². The van der Waals surface area contributed by atoms with Crippen molar-refractivity contribution in [2.24, 2.45) is 0 Å². The minimum absolute atomic E-state index is 0.550. The molecular weight excluding hydrogens is 224 g/mol. The minimum Gasteiger partial charge on any atom is -0.384 e. The molecule has 0 aliphatic heterocycles. The highest BCUT2D eigenvalue weighted by Crippen LogP contribution is 2.39. The summed E-state index contributed by atoms with van der Waals surface area (Å²) in [6, 6.07) is 5.89. The first kappa shape index (κ1) is 11.1. The van der Waals surface area contributed by atoms with E-state index in [0.717, 1.165) is 22.6 Å². The van der Waals surface area contributed by atoms with Crippen LogP contribution in [0.4, 0.5) is 5.82 Å². The first-order valence-corrected chi connectivity index (χ1v) is 6.22. The third-order valence-corrected chi connectivity index (χ3v) is 3.10. The summed E-state index contributed by atoms with van der Waals surface area (Å²) in [5.74, 6) is 1.84. The molecule has 1 aliphatic carbocycles. The molecule has 2 heterocycles. The Labute approximate surface area is 106 Å². The molecule has 1 aliphatic rings. The topological polar surface area (TPSA) is 64.7 Å². The highest BCUT2D eigenvalue weighted by atomic mass is 15.0. The second kappa shape index (κ2) is 4.05. The number of nitrogens with two attached hydrogens (primary N) is 1. The average Bonchev–Trinajstić information content (AvgIpc) is 3.10. The molecule has 2 aromatic rings. The molecule has 0 saturated heterocycles. The van der Waals surface area contributed by atoms with Gasteiger partial charge >= 0.3 is 0 Å². The van der Waals surface area contributed by atoms with E-state index in [4.69, 9.17) is 5.73 Å². The van der Waals surface area contributed by atoms with Gasteiger partial charge in [0.25, 0.3) is 0 Å². The molecule has 0 atom stereocenters. The first-order chi connectivity index (χ1) is 8.61. The van der Waals surface area contributed by atoms with Crippen molar-refractivity contribution in [3.63, 3.8) is 0 Å². The Kier molecular flexibility index (Phi) is 2.51. The van der Waals surface area contributed by atoms with E-state index in [0.29, 0.717) is 17.6 Å². The van der Waals surface area contributed by atoms with E-state index in [2.05, 4.69) is 15.0 Å². The number of aromatic nitrogens is 3.